The van der Waals surface area contributed by atoms with E-state index >= 15 is 0 Å². The molecule has 76 valence electrons. The number of nitrogens with one attached hydrogen (secondary N) is 1. The molecule has 13 heavy (non-hydrogen) atoms. The first kappa shape index (κ1) is 12.1. The van der Waals surface area contributed by atoms with Crippen molar-refractivity contribution in [2.75, 3.05) is 6.54 Å². The molecular weight excluding hydrogens is 166 g/mol. The molecule has 0 saturated heterocycles. The van der Waals surface area contributed by atoms with Crippen molar-refractivity contribution in [1.29, 1.82) is 0 Å². The first-order valence-electron chi connectivity index (χ1n) is 4.69. The van der Waals surface area contributed by atoms with Crippen molar-refractivity contribution in [3.63, 3.8) is 0 Å². The Kier molecular flexibility index (Phi) is 5.35. The molecule has 0 radical (unpaired) electrons. The summed E-state index contributed by atoms with van der Waals surface area (Å²) < 4.78 is 0. The summed E-state index contributed by atoms with van der Waals surface area (Å²) in [7, 11) is 0. The van der Waals surface area contributed by atoms with Crippen LogP contribution in [0.3, 0.4) is 0 Å². The highest BCUT2D eigenvalue weighted by Crippen LogP contribution is 2.07. The van der Waals surface area contributed by atoms with Crippen LogP contribution >= 0.6 is 0 Å². The highest BCUT2D eigenvalue weighted by Gasteiger charge is 2.09. The van der Waals surface area contributed by atoms with Crippen molar-refractivity contribution in [2.45, 2.75) is 34.1 Å². The average molecular weight is 185 g/mol. The first-order valence-corrected chi connectivity index (χ1v) is 4.69. The van der Waals surface area contributed by atoms with Crippen LogP contribution in [0.5, 0.6) is 0 Å². The van der Waals surface area contributed by atoms with Crippen molar-refractivity contribution in [2.24, 2.45) is 11.8 Å². The van der Waals surface area contributed by atoms with E-state index in [-0.39, 0.29) is 18.1 Å². The summed E-state index contributed by atoms with van der Waals surface area (Å²) in [6.45, 7) is 8.39. The lowest BCUT2D eigenvalue weighted by Gasteiger charge is -2.15. The number of hydrogen-bond acceptors (Lipinski definition) is 2. The quantitative estimate of drug-likeness (QED) is 0.658. The zero-order valence-corrected chi connectivity index (χ0v) is 8.89. The molecule has 0 aliphatic rings. The van der Waals surface area contributed by atoms with E-state index in [2.05, 4.69) is 26.1 Å². The number of carbonyl (C=O) groups excluding carboxylic acids is 2. The summed E-state index contributed by atoms with van der Waals surface area (Å²) in [4.78, 5) is 21.6. The van der Waals surface area contributed by atoms with Crippen LogP contribution in [-0.2, 0) is 9.59 Å². The van der Waals surface area contributed by atoms with Gasteiger partial charge >= 0.3 is 0 Å². The molecule has 1 atom stereocenters. The van der Waals surface area contributed by atoms with Crippen LogP contribution in [0.15, 0.2) is 0 Å². The fourth-order valence-corrected chi connectivity index (χ4v) is 0.799. The van der Waals surface area contributed by atoms with E-state index in [0.717, 1.165) is 0 Å². The van der Waals surface area contributed by atoms with Crippen molar-refractivity contribution < 1.29 is 9.59 Å². The lowest BCUT2D eigenvalue weighted by atomic mass is 9.98. The Labute approximate surface area is 79.9 Å². The summed E-state index contributed by atoms with van der Waals surface area (Å²) in [6, 6.07) is 0. The van der Waals surface area contributed by atoms with Crippen LogP contribution in [0.1, 0.15) is 34.1 Å². The van der Waals surface area contributed by atoms with Gasteiger partial charge in [0.2, 0.25) is 5.91 Å². The van der Waals surface area contributed by atoms with E-state index in [1.165, 1.54) is 6.92 Å². The minimum atomic E-state index is -0.167. The number of carbonyl (C=O) groups is 2. The van der Waals surface area contributed by atoms with E-state index < -0.39 is 0 Å². The van der Waals surface area contributed by atoms with Gasteiger partial charge in [0.15, 0.2) is 0 Å². The predicted octanol–water partition coefficient (Wildman–Crippen LogP) is 1.37. The van der Waals surface area contributed by atoms with Gasteiger partial charge in [0, 0.05) is 6.54 Å². The normalized spacial score (nSPS) is 12.7. The number of rotatable bonds is 5. The van der Waals surface area contributed by atoms with Gasteiger partial charge in [0.25, 0.3) is 0 Å². The zero-order chi connectivity index (χ0) is 10.4. The van der Waals surface area contributed by atoms with Crippen molar-refractivity contribution >= 4 is 11.7 Å². The van der Waals surface area contributed by atoms with Crippen LogP contribution in [0, 0.1) is 11.8 Å². The Morgan fingerprint density at radius 2 is 1.77 bits per heavy atom. The van der Waals surface area contributed by atoms with Crippen LogP contribution in [0.25, 0.3) is 0 Å². The molecule has 0 aliphatic heterocycles. The van der Waals surface area contributed by atoms with Crippen molar-refractivity contribution in [3.05, 3.63) is 0 Å². The summed E-state index contributed by atoms with van der Waals surface area (Å²) >= 11 is 0. The largest absolute Gasteiger partial charge is 0.355 e. The van der Waals surface area contributed by atoms with Gasteiger partial charge in [-0.15, -0.1) is 0 Å². The molecule has 1 N–H and O–H groups in total. The van der Waals surface area contributed by atoms with Crippen molar-refractivity contribution in [3.8, 4) is 0 Å². The topological polar surface area (TPSA) is 46.2 Å². The molecule has 1 amide bonds. The van der Waals surface area contributed by atoms with Crippen molar-refractivity contribution in [1.82, 2.24) is 5.32 Å². The molecule has 0 rings (SSSR count). The Balaban J connectivity index is 3.64. The van der Waals surface area contributed by atoms with Gasteiger partial charge in [-0.05, 0) is 18.8 Å². The van der Waals surface area contributed by atoms with Crippen LogP contribution in [0.2, 0.25) is 0 Å². The number of ketones is 1. The minimum Gasteiger partial charge on any atom is -0.355 e. The molecule has 3 nitrogen and oxygen atoms in total. The molecule has 0 aromatic carbocycles. The molecule has 0 saturated carbocycles. The third-order valence-electron chi connectivity index (χ3n) is 2.17. The predicted molar refractivity (Wildman–Crippen MR) is 52.3 cm³/mol. The Bertz CT molecular complexity index is 187. The first-order chi connectivity index (χ1) is 5.93. The van der Waals surface area contributed by atoms with E-state index in [1.54, 1.807) is 0 Å². The third-order valence-corrected chi connectivity index (χ3v) is 2.17. The zero-order valence-electron chi connectivity index (χ0n) is 8.89. The molecular formula is C10H19NO2. The molecule has 0 fully saturated rings. The molecule has 0 aromatic heterocycles. The highest BCUT2D eigenvalue weighted by molar-refractivity contribution is 5.96. The fourth-order valence-electron chi connectivity index (χ4n) is 0.799. The molecule has 0 spiro atoms. The lowest BCUT2D eigenvalue weighted by molar-refractivity contribution is -0.127. The lowest BCUT2D eigenvalue weighted by Crippen LogP contribution is -2.31. The molecule has 0 heterocycles. The highest BCUT2D eigenvalue weighted by atomic mass is 16.2. The molecule has 0 bridgehead atoms. The Morgan fingerprint density at radius 1 is 1.23 bits per heavy atom. The van der Waals surface area contributed by atoms with Gasteiger partial charge < -0.3 is 5.32 Å². The number of hydrogen-bond donors (Lipinski definition) is 1. The Hall–Kier alpha value is -0.860. The molecule has 3 heteroatoms. The maximum absolute atomic E-state index is 11.0. The Morgan fingerprint density at radius 3 is 2.15 bits per heavy atom. The van der Waals surface area contributed by atoms with Gasteiger partial charge in [-0.2, -0.15) is 0 Å². The summed E-state index contributed by atoms with van der Waals surface area (Å²) in [5.41, 5.74) is 0. The van der Waals surface area contributed by atoms with Gasteiger partial charge in [-0.25, -0.2) is 0 Å². The molecule has 1 unspecified atom stereocenters. The van der Waals surface area contributed by atoms with E-state index in [1.807, 2.05) is 0 Å². The SMILES string of the molecule is CC(=O)CC(=O)NCC(C)C(C)C. The fraction of sp³-hybridized carbons (Fsp3) is 0.800. The van der Waals surface area contributed by atoms with E-state index in [0.29, 0.717) is 18.4 Å². The van der Waals surface area contributed by atoms with Crippen LogP contribution in [0.4, 0.5) is 0 Å². The second kappa shape index (κ2) is 5.73. The molecule has 0 aliphatic carbocycles. The van der Waals surface area contributed by atoms with Crippen LogP contribution < -0.4 is 5.32 Å². The summed E-state index contributed by atoms with van der Waals surface area (Å²) in [5, 5.41) is 2.74. The van der Waals surface area contributed by atoms with E-state index in [9.17, 15) is 9.59 Å². The smallest absolute Gasteiger partial charge is 0.227 e. The van der Waals surface area contributed by atoms with Crippen LogP contribution in [-0.4, -0.2) is 18.2 Å². The second-order valence-electron chi connectivity index (χ2n) is 3.90. The second-order valence-corrected chi connectivity index (χ2v) is 3.90. The van der Waals surface area contributed by atoms with Gasteiger partial charge in [-0.3, -0.25) is 9.59 Å². The summed E-state index contributed by atoms with van der Waals surface area (Å²) in [5.74, 6) is 0.753. The molecule has 0 aromatic rings. The van der Waals surface area contributed by atoms with Gasteiger partial charge in [0.05, 0.1) is 6.42 Å². The maximum atomic E-state index is 11.0. The summed E-state index contributed by atoms with van der Waals surface area (Å²) in [6.07, 6.45) is 0.00478. The monoisotopic (exact) mass is 185 g/mol. The van der Waals surface area contributed by atoms with E-state index in [4.69, 9.17) is 0 Å². The number of Topliss-reactive ketones (excluding diaryl/α,β-unsaturated/α-hetero) is 1. The minimum absolute atomic E-state index is 0.00478. The van der Waals surface area contributed by atoms with Gasteiger partial charge in [0.1, 0.15) is 5.78 Å². The average Bonchev–Trinajstić information content (AvgIpc) is 1.98. The number of amides is 1. The third kappa shape index (κ3) is 6.31. The van der Waals surface area contributed by atoms with Gasteiger partial charge in [-0.1, -0.05) is 20.8 Å². The maximum Gasteiger partial charge on any atom is 0.227 e. The standard InChI is InChI=1S/C10H19NO2/c1-7(2)8(3)6-11-10(13)5-9(4)12/h7-8H,5-6H2,1-4H3,(H,11,13).